The Kier molecular flexibility index (Phi) is 6.95. The highest BCUT2D eigenvalue weighted by atomic mass is 35.5. The molecule has 0 spiro atoms. The quantitative estimate of drug-likeness (QED) is 0.614. The number of hydrogen-bond acceptors (Lipinski definition) is 4. The first-order valence-electron chi connectivity index (χ1n) is 8.99. The standard InChI is InChI=1S/C20H24ClN3OS2/c1-13(2)12-24-19(21)17(14(3)23-24)7-8-18(25)22-16-6-4-5-15(11-16)20-26-9-10-27-20/h4-8,11,13,20H,9-10,12H2,1-3H3,(H,22,25). The molecule has 0 unspecified atom stereocenters. The number of benzene rings is 1. The minimum atomic E-state index is -0.175. The SMILES string of the molecule is Cc1nn(CC(C)C)c(Cl)c1C=CC(=O)Nc1cccc(C2SCCS2)c1. The molecule has 27 heavy (non-hydrogen) atoms. The van der Waals surface area contributed by atoms with E-state index in [4.69, 9.17) is 11.6 Å². The molecule has 1 aliphatic rings. The van der Waals surface area contributed by atoms with Crippen LogP contribution in [0.15, 0.2) is 30.3 Å². The third-order valence-electron chi connectivity index (χ3n) is 4.10. The van der Waals surface area contributed by atoms with E-state index in [0.29, 0.717) is 15.7 Å². The lowest BCUT2D eigenvalue weighted by molar-refractivity contribution is -0.111. The number of thioether (sulfide) groups is 2. The molecular formula is C20H24ClN3OS2. The molecule has 3 rings (SSSR count). The Hall–Kier alpha value is -1.37. The topological polar surface area (TPSA) is 46.9 Å². The van der Waals surface area contributed by atoms with Crippen molar-refractivity contribution in [3.8, 4) is 0 Å². The van der Waals surface area contributed by atoms with E-state index in [0.717, 1.165) is 23.5 Å². The van der Waals surface area contributed by atoms with E-state index < -0.39 is 0 Å². The predicted octanol–water partition coefficient (Wildman–Crippen LogP) is 5.63. The number of rotatable bonds is 6. The maximum absolute atomic E-state index is 12.3. The van der Waals surface area contributed by atoms with Gasteiger partial charge in [0, 0.05) is 35.4 Å². The molecule has 1 aliphatic heterocycles. The Morgan fingerprint density at radius 1 is 1.41 bits per heavy atom. The summed E-state index contributed by atoms with van der Waals surface area (Å²) >= 11 is 10.3. The highest BCUT2D eigenvalue weighted by Crippen LogP contribution is 2.45. The summed E-state index contributed by atoms with van der Waals surface area (Å²) in [6.45, 7) is 6.89. The summed E-state index contributed by atoms with van der Waals surface area (Å²) in [5, 5.41) is 7.98. The molecule has 1 amide bonds. The van der Waals surface area contributed by atoms with Gasteiger partial charge in [-0.2, -0.15) is 5.10 Å². The normalized spacial score (nSPS) is 15.1. The highest BCUT2D eigenvalue weighted by Gasteiger charge is 2.18. The Balaban J connectivity index is 1.67. The van der Waals surface area contributed by atoms with Gasteiger partial charge in [-0.3, -0.25) is 9.48 Å². The van der Waals surface area contributed by atoms with Gasteiger partial charge in [-0.25, -0.2) is 0 Å². The number of nitrogens with zero attached hydrogens (tertiary/aromatic N) is 2. The third-order valence-corrected chi connectivity index (χ3v) is 7.60. The number of halogens is 1. The fraction of sp³-hybridized carbons (Fsp3) is 0.400. The van der Waals surface area contributed by atoms with E-state index in [1.54, 1.807) is 10.8 Å². The monoisotopic (exact) mass is 421 g/mol. The highest BCUT2D eigenvalue weighted by molar-refractivity contribution is 8.19. The van der Waals surface area contributed by atoms with Crippen LogP contribution in [-0.4, -0.2) is 27.2 Å². The van der Waals surface area contributed by atoms with E-state index in [9.17, 15) is 4.79 Å². The van der Waals surface area contributed by atoms with Crippen molar-refractivity contribution < 1.29 is 4.79 Å². The molecule has 0 radical (unpaired) electrons. The molecule has 0 atom stereocenters. The maximum atomic E-state index is 12.3. The van der Waals surface area contributed by atoms with Crippen LogP contribution in [0.2, 0.25) is 5.15 Å². The largest absolute Gasteiger partial charge is 0.323 e. The Bertz CT molecular complexity index is 842. The van der Waals surface area contributed by atoms with Gasteiger partial charge in [0.2, 0.25) is 5.91 Å². The summed E-state index contributed by atoms with van der Waals surface area (Å²) in [6.07, 6.45) is 3.25. The molecule has 0 saturated carbocycles. The summed E-state index contributed by atoms with van der Waals surface area (Å²) in [6, 6.07) is 8.08. The molecule has 2 heterocycles. The van der Waals surface area contributed by atoms with Crippen LogP contribution in [0.3, 0.4) is 0 Å². The molecule has 1 N–H and O–H groups in total. The van der Waals surface area contributed by atoms with E-state index in [1.165, 1.54) is 23.1 Å². The number of carbonyl (C=O) groups is 1. The number of aryl methyl sites for hydroxylation is 1. The van der Waals surface area contributed by atoms with Crippen molar-refractivity contribution in [1.82, 2.24) is 9.78 Å². The van der Waals surface area contributed by atoms with Gasteiger partial charge in [-0.1, -0.05) is 37.6 Å². The van der Waals surface area contributed by atoms with E-state index in [2.05, 4.69) is 36.4 Å². The van der Waals surface area contributed by atoms with Gasteiger partial charge in [-0.05, 0) is 36.6 Å². The van der Waals surface area contributed by atoms with Crippen LogP contribution in [-0.2, 0) is 11.3 Å². The first-order valence-corrected chi connectivity index (χ1v) is 11.5. The average Bonchev–Trinajstić information content (AvgIpc) is 3.23. The van der Waals surface area contributed by atoms with E-state index in [1.807, 2.05) is 42.6 Å². The Labute approximate surface area is 174 Å². The zero-order valence-electron chi connectivity index (χ0n) is 15.7. The fourth-order valence-corrected chi connectivity index (χ4v) is 6.03. The van der Waals surface area contributed by atoms with Gasteiger partial charge in [0.05, 0.1) is 10.3 Å². The van der Waals surface area contributed by atoms with Crippen molar-refractivity contribution in [3.63, 3.8) is 0 Å². The number of hydrogen-bond donors (Lipinski definition) is 1. The molecule has 7 heteroatoms. The van der Waals surface area contributed by atoms with Crippen molar-refractivity contribution in [1.29, 1.82) is 0 Å². The molecule has 0 aliphatic carbocycles. The van der Waals surface area contributed by atoms with Crippen LogP contribution in [0.25, 0.3) is 6.08 Å². The number of amides is 1. The molecule has 4 nitrogen and oxygen atoms in total. The maximum Gasteiger partial charge on any atom is 0.248 e. The average molecular weight is 422 g/mol. The van der Waals surface area contributed by atoms with Gasteiger partial charge in [0.25, 0.3) is 0 Å². The molecule has 1 fully saturated rings. The van der Waals surface area contributed by atoms with Crippen molar-refractivity contribution >= 4 is 52.8 Å². The molecule has 1 saturated heterocycles. The second-order valence-corrected chi connectivity index (χ2v) is 9.97. The van der Waals surface area contributed by atoms with Crippen molar-refractivity contribution in [2.24, 2.45) is 5.92 Å². The first-order chi connectivity index (χ1) is 12.9. The zero-order chi connectivity index (χ0) is 19.4. The van der Waals surface area contributed by atoms with Gasteiger partial charge < -0.3 is 5.32 Å². The molecule has 0 bridgehead atoms. The van der Waals surface area contributed by atoms with Crippen LogP contribution >= 0.6 is 35.1 Å². The number of carbonyl (C=O) groups excluding carboxylic acids is 1. The van der Waals surface area contributed by atoms with Crippen LogP contribution < -0.4 is 5.32 Å². The second kappa shape index (κ2) is 9.22. The lowest BCUT2D eigenvalue weighted by Gasteiger charge is -2.10. The van der Waals surface area contributed by atoms with Crippen molar-refractivity contribution in [3.05, 3.63) is 52.3 Å². The summed E-state index contributed by atoms with van der Waals surface area (Å²) in [7, 11) is 0. The smallest absolute Gasteiger partial charge is 0.248 e. The van der Waals surface area contributed by atoms with Crippen LogP contribution in [0.5, 0.6) is 0 Å². The van der Waals surface area contributed by atoms with Crippen LogP contribution in [0.1, 0.15) is 35.3 Å². The minimum absolute atomic E-state index is 0.175. The van der Waals surface area contributed by atoms with Gasteiger partial charge >= 0.3 is 0 Å². The van der Waals surface area contributed by atoms with Crippen LogP contribution in [0, 0.1) is 12.8 Å². The van der Waals surface area contributed by atoms with Crippen LogP contribution in [0.4, 0.5) is 5.69 Å². The van der Waals surface area contributed by atoms with Gasteiger partial charge in [-0.15, -0.1) is 23.5 Å². The number of anilines is 1. The molecule has 2 aromatic rings. The predicted molar refractivity (Wildman–Crippen MR) is 119 cm³/mol. The van der Waals surface area contributed by atoms with Crippen molar-refractivity contribution in [2.75, 3.05) is 16.8 Å². The van der Waals surface area contributed by atoms with E-state index in [-0.39, 0.29) is 5.91 Å². The second-order valence-electron chi connectivity index (χ2n) is 6.89. The summed E-state index contributed by atoms with van der Waals surface area (Å²) < 4.78 is 2.25. The van der Waals surface area contributed by atoms with E-state index >= 15 is 0 Å². The molecule has 1 aromatic heterocycles. The lowest BCUT2D eigenvalue weighted by atomic mass is 10.2. The number of nitrogens with one attached hydrogen (secondary N) is 1. The summed E-state index contributed by atoms with van der Waals surface area (Å²) in [4.78, 5) is 12.3. The van der Waals surface area contributed by atoms with Gasteiger partial charge in [0.15, 0.2) is 0 Å². The van der Waals surface area contributed by atoms with Gasteiger partial charge in [0.1, 0.15) is 5.15 Å². The van der Waals surface area contributed by atoms with Crippen molar-refractivity contribution in [2.45, 2.75) is 31.9 Å². The fourth-order valence-electron chi connectivity index (χ4n) is 2.88. The zero-order valence-corrected chi connectivity index (χ0v) is 18.1. The Morgan fingerprint density at radius 2 is 2.15 bits per heavy atom. The Morgan fingerprint density at radius 3 is 2.85 bits per heavy atom. The minimum Gasteiger partial charge on any atom is -0.323 e. The third kappa shape index (κ3) is 5.33. The molecule has 144 valence electrons. The summed E-state index contributed by atoms with van der Waals surface area (Å²) in [5.41, 5.74) is 3.67. The molecule has 1 aromatic carbocycles. The first kappa shape index (κ1) is 20.4. The molecular weight excluding hydrogens is 398 g/mol. The number of aromatic nitrogens is 2. The summed E-state index contributed by atoms with van der Waals surface area (Å²) in [5.74, 6) is 2.63. The lowest BCUT2D eigenvalue weighted by Crippen LogP contribution is -2.08.